The number of nitrogens with one attached hydrogen (secondary N) is 1. The molecule has 0 aliphatic heterocycles. The Bertz CT molecular complexity index is 302. The minimum atomic E-state index is -0.262. The third-order valence-corrected chi connectivity index (χ3v) is 1.20. The van der Waals surface area contributed by atoms with Gasteiger partial charge in [-0.25, -0.2) is 0 Å². The summed E-state index contributed by atoms with van der Waals surface area (Å²) in [5, 5.41) is 5.13. The number of aromatic amines is 1. The van der Waals surface area contributed by atoms with Crippen molar-refractivity contribution in [2.45, 2.75) is 0 Å². The lowest BCUT2D eigenvalue weighted by Crippen LogP contribution is -2.33. The summed E-state index contributed by atoms with van der Waals surface area (Å²) in [6.07, 6.45) is 2.67. The minimum Gasteiger partial charge on any atom is -0.398 e. The number of H-pyrrole nitrogens is 1. The van der Waals surface area contributed by atoms with Gasteiger partial charge >= 0.3 is 0 Å². The molecular formula is C6H8N3O+. The van der Waals surface area contributed by atoms with Crippen LogP contribution in [0, 0.1) is 0 Å². The topological polar surface area (TPSA) is 84.5 Å². The van der Waals surface area contributed by atoms with E-state index in [1.807, 2.05) is 0 Å². The van der Waals surface area contributed by atoms with Crippen LogP contribution in [0.2, 0.25) is 0 Å². The van der Waals surface area contributed by atoms with Gasteiger partial charge in [-0.05, 0) is 6.07 Å². The normalized spacial score (nSPS) is 9.20. The molecule has 0 amide bonds. The molecular weight excluding hydrogens is 130 g/mol. The first-order valence-electron chi connectivity index (χ1n) is 2.78. The van der Waals surface area contributed by atoms with E-state index in [9.17, 15) is 4.79 Å². The first-order valence-corrected chi connectivity index (χ1v) is 2.78. The maximum absolute atomic E-state index is 10.8. The average molecular weight is 138 g/mol. The number of anilines is 1. The second-order valence-electron chi connectivity index (χ2n) is 1.84. The Hall–Kier alpha value is -1.58. The van der Waals surface area contributed by atoms with Gasteiger partial charge in [0.2, 0.25) is 0 Å². The smallest absolute Gasteiger partial charge is 0.263 e. The van der Waals surface area contributed by atoms with Gasteiger partial charge in [-0.3, -0.25) is 10.2 Å². The van der Waals surface area contributed by atoms with Crippen LogP contribution in [0.4, 0.5) is 5.69 Å². The summed E-state index contributed by atoms with van der Waals surface area (Å²) < 4.78 is 0. The average Bonchev–Trinajstić information content (AvgIpc) is 1.88. The van der Waals surface area contributed by atoms with E-state index in [-0.39, 0.29) is 5.56 Å². The summed E-state index contributed by atoms with van der Waals surface area (Å²) in [6, 6.07) is 1.58. The number of nitrogen functional groups attached to an aromatic ring is 1. The molecule has 52 valence electrons. The van der Waals surface area contributed by atoms with Gasteiger partial charge < -0.3 is 10.7 Å². The van der Waals surface area contributed by atoms with Crippen LogP contribution >= 0.6 is 0 Å². The number of hydrogen-bond donors (Lipinski definition) is 3. The maximum atomic E-state index is 10.8. The zero-order valence-corrected chi connectivity index (χ0v) is 5.29. The third-order valence-electron chi connectivity index (χ3n) is 1.20. The van der Waals surface area contributed by atoms with E-state index in [1.165, 1.54) is 12.4 Å². The van der Waals surface area contributed by atoms with Crippen molar-refractivity contribution in [1.29, 1.82) is 0 Å². The molecule has 4 heteroatoms. The molecule has 0 saturated carbocycles. The Morgan fingerprint density at radius 1 is 1.70 bits per heavy atom. The summed E-state index contributed by atoms with van der Waals surface area (Å²) >= 11 is 0. The van der Waals surface area contributed by atoms with Gasteiger partial charge in [0.05, 0.1) is 5.69 Å². The van der Waals surface area contributed by atoms with Gasteiger partial charge in [-0.2, -0.15) is 0 Å². The van der Waals surface area contributed by atoms with E-state index in [1.54, 1.807) is 6.07 Å². The van der Waals surface area contributed by atoms with E-state index in [0.717, 1.165) is 0 Å². The zero-order valence-electron chi connectivity index (χ0n) is 5.29. The van der Waals surface area contributed by atoms with Crippen LogP contribution in [-0.4, -0.2) is 11.2 Å². The molecule has 0 atom stereocenters. The third kappa shape index (κ3) is 0.907. The summed E-state index contributed by atoms with van der Waals surface area (Å²) in [7, 11) is 0. The molecule has 0 aromatic carbocycles. The Balaban J connectivity index is 3.45. The SMILES string of the molecule is Nc1cc[nH]c(=O)c1C=[NH2+]. The minimum absolute atomic E-state index is 0.262. The second kappa shape index (κ2) is 2.34. The lowest BCUT2D eigenvalue weighted by Gasteiger charge is -1.91. The van der Waals surface area contributed by atoms with Crippen LogP contribution < -0.4 is 16.7 Å². The first kappa shape index (κ1) is 6.54. The van der Waals surface area contributed by atoms with Gasteiger partial charge in [0.1, 0.15) is 5.56 Å². The molecule has 1 aromatic heterocycles. The number of pyridine rings is 1. The molecule has 0 radical (unpaired) electrons. The Labute approximate surface area is 57.2 Å². The molecule has 1 aromatic rings. The van der Waals surface area contributed by atoms with Gasteiger partial charge in [0.25, 0.3) is 5.56 Å². The summed E-state index contributed by atoms with van der Waals surface area (Å²) in [5.74, 6) is 0. The first-order chi connectivity index (χ1) is 4.75. The lowest BCUT2D eigenvalue weighted by molar-refractivity contribution is -0.104. The van der Waals surface area contributed by atoms with Crippen LogP contribution in [-0.2, 0) is 0 Å². The quantitative estimate of drug-likeness (QED) is 0.397. The molecule has 0 saturated heterocycles. The molecule has 0 unspecified atom stereocenters. The van der Waals surface area contributed by atoms with Crippen molar-refractivity contribution in [1.82, 2.24) is 4.98 Å². The fourth-order valence-electron chi connectivity index (χ4n) is 0.678. The second-order valence-corrected chi connectivity index (χ2v) is 1.84. The van der Waals surface area contributed by atoms with E-state index in [4.69, 9.17) is 11.1 Å². The van der Waals surface area contributed by atoms with Crippen LogP contribution in [0.15, 0.2) is 17.1 Å². The fourth-order valence-corrected chi connectivity index (χ4v) is 0.678. The molecule has 5 N–H and O–H groups in total. The Morgan fingerprint density at radius 3 is 2.80 bits per heavy atom. The van der Waals surface area contributed by atoms with Crippen molar-refractivity contribution in [3.05, 3.63) is 28.2 Å². The molecule has 1 heterocycles. The largest absolute Gasteiger partial charge is 0.398 e. The fraction of sp³-hybridized carbons (Fsp3) is 0. The Kier molecular flexibility index (Phi) is 1.53. The standard InChI is InChI=1S/C6H7N3O/c7-3-4-5(8)1-2-9-6(4)10/h1-3,7H,(H3,8,9,10)/p+1. The highest BCUT2D eigenvalue weighted by molar-refractivity contribution is 5.81. The van der Waals surface area contributed by atoms with Crippen molar-refractivity contribution in [2.24, 2.45) is 0 Å². The monoisotopic (exact) mass is 138 g/mol. The molecule has 0 spiro atoms. The van der Waals surface area contributed by atoms with Crippen LogP contribution in [0.5, 0.6) is 0 Å². The van der Waals surface area contributed by atoms with Crippen LogP contribution in [0.1, 0.15) is 5.56 Å². The van der Waals surface area contributed by atoms with Crippen molar-refractivity contribution >= 4 is 11.9 Å². The number of aromatic nitrogens is 1. The highest BCUT2D eigenvalue weighted by Crippen LogP contribution is 1.98. The maximum Gasteiger partial charge on any atom is 0.263 e. The number of rotatable bonds is 1. The van der Waals surface area contributed by atoms with Crippen LogP contribution in [0.25, 0.3) is 0 Å². The van der Waals surface area contributed by atoms with Crippen molar-refractivity contribution in [3.8, 4) is 0 Å². The summed E-state index contributed by atoms with van der Waals surface area (Å²) in [5.41, 5.74) is 5.86. The molecule has 4 nitrogen and oxygen atoms in total. The highest BCUT2D eigenvalue weighted by atomic mass is 16.1. The van der Waals surface area contributed by atoms with Crippen molar-refractivity contribution in [3.63, 3.8) is 0 Å². The van der Waals surface area contributed by atoms with Crippen molar-refractivity contribution in [2.75, 3.05) is 5.73 Å². The van der Waals surface area contributed by atoms with E-state index in [0.29, 0.717) is 11.3 Å². The van der Waals surface area contributed by atoms with Gasteiger partial charge in [0.15, 0.2) is 6.21 Å². The number of hydrogen-bond acceptors (Lipinski definition) is 2. The van der Waals surface area contributed by atoms with Gasteiger partial charge in [-0.1, -0.05) is 0 Å². The molecule has 0 bridgehead atoms. The molecule has 0 aliphatic carbocycles. The van der Waals surface area contributed by atoms with E-state index in [2.05, 4.69) is 4.98 Å². The van der Waals surface area contributed by atoms with Gasteiger partial charge in [0, 0.05) is 6.20 Å². The molecule has 10 heavy (non-hydrogen) atoms. The molecule has 1 rings (SSSR count). The van der Waals surface area contributed by atoms with Gasteiger partial charge in [-0.15, -0.1) is 0 Å². The van der Waals surface area contributed by atoms with Crippen LogP contribution in [0.3, 0.4) is 0 Å². The van der Waals surface area contributed by atoms with E-state index < -0.39 is 0 Å². The summed E-state index contributed by atoms with van der Waals surface area (Å²) in [4.78, 5) is 13.3. The van der Waals surface area contributed by atoms with E-state index >= 15 is 0 Å². The highest BCUT2D eigenvalue weighted by Gasteiger charge is 2.00. The zero-order chi connectivity index (χ0) is 7.56. The molecule has 0 fully saturated rings. The summed E-state index contributed by atoms with van der Waals surface area (Å²) in [6.45, 7) is 0. The number of nitrogens with two attached hydrogens (primary N) is 2. The predicted molar refractivity (Wildman–Crippen MR) is 38.6 cm³/mol. The predicted octanol–water partition coefficient (Wildman–Crippen LogP) is -1.86. The van der Waals surface area contributed by atoms with Crippen molar-refractivity contribution < 1.29 is 5.41 Å². The Morgan fingerprint density at radius 2 is 2.40 bits per heavy atom. The lowest BCUT2D eigenvalue weighted by atomic mass is 10.2. The molecule has 0 aliphatic rings.